The highest BCUT2D eigenvalue weighted by atomic mass is 16.5. The highest BCUT2D eigenvalue weighted by molar-refractivity contribution is 5.79. The molecule has 5 nitrogen and oxygen atoms in total. The summed E-state index contributed by atoms with van der Waals surface area (Å²) in [6, 6.07) is 8.10. The monoisotopic (exact) mass is 318 g/mol. The molecule has 1 unspecified atom stereocenters. The number of aliphatic imine (C=N–C) groups is 1. The molecule has 0 spiro atoms. The Morgan fingerprint density at radius 2 is 2.09 bits per heavy atom. The maximum Gasteiger partial charge on any atom is 0.191 e. The number of likely N-dealkylation sites (tertiary alicyclic amines) is 1. The van der Waals surface area contributed by atoms with E-state index in [1.165, 1.54) is 31.5 Å². The summed E-state index contributed by atoms with van der Waals surface area (Å²) >= 11 is 0. The Bertz CT molecular complexity index is 486. The van der Waals surface area contributed by atoms with Gasteiger partial charge >= 0.3 is 0 Å². The maximum atomic E-state index is 5.18. The van der Waals surface area contributed by atoms with E-state index in [0.717, 1.165) is 31.3 Å². The van der Waals surface area contributed by atoms with E-state index in [0.29, 0.717) is 5.92 Å². The Morgan fingerprint density at radius 1 is 1.30 bits per heavy atom. The van der Waals surface area contributed by atoms with Gasteiger partial charge in [-0.3, -0.25) is 4.99 Å². The van der Waals surface area contributed by atoms with Crippen LogP contribution < -0.4 is 15.4 Å². The number of piperidine rings is 1. The number of guanidine groups is 1. The SMILES string of the molecule is CCN1CCCC(CNC(=NC)NCc2ccc(OC)cc2)C1. The van der Waals surface area contributed by atoms with Gasteiger partial charge in [0.15, 0.2) is 5.96 Å². The number of benzene rings is 1. The van der Waals surface area contributed by atoms with Gasteiger partial charge in [0.2, 0.25) is 0 Å². The van der Waals surface area contributed by atoms with Crippen LogP contribution in [0.1, 0.15) is 25.3 Å². The van der Waals surface area contributed by atoms with Crippen LogP contribution >= 0.6 is 0 Å². The number of methoxy groups -OCH3 is 1. The van der Waals surface area contributed by atoms with Crippen LogP contribution in [-0.2, 0) is 6.54 Å². The summed E-state index contributed by atoms with van der Waals surface area (Å²) in [6.07, 6.45) is 2.61. The fourth-order valence-electron chi connectivity index (χ4n) is 3.00. The smallest absolute Gasteiger partial charge is 0.191 e. The van der Waals surface area contributed by atoms with Crippen molar-refractivity contribution < 1.29 is 4.74 Å². The van der Waals surface area contributed by atoms with Crippen molar-refractivity contribution in [2.45, 2.75) is 26.3 Å². The van der Waals surface area contributed by atoms with Crippen molar-refractivity contribution in [3.8, 4) is 5.75 Å². The molecule has 2 rings (SSSR count). The van der Waals surface area contributed by atoms with E-state index in [1.54, 1.807) is 7.11 Å². The van der Waals surface area contributed by atoms with Crippen molar-refractivity contribution in [2.24, 2.45) is 10.9 Å². The second-order valence-electron chi connectivity index (χ2n) is 6.06. The molecule has 0 bridgehead atoms. The van der Waals surface area contributed by atoms with Crippen LogP contribution in [0.25, 0.3) is 0 Å². The third-order valence-corrected chi connectivity index (χ3v) is 4.45. The number of hydrogen-bond donors (Lipinski definition) is 2. The van der Waals surface area contributed by atoms with Crippen LogP contribution in [0.3, 0.4) is 0 Å². The molecule has 0 saturated carbocycles. The fourth-order valence-corrected chi connectivity index (χ4v) is 3.00. The highest BCUT2D eigenvalue weighted by Gasteiger charge is 2.18. The summed E-state index contributed by atoms with van der Waals surface area (Å²) in [5, 5.41) is 6.84. The molecular weight excluding hydrogens is 288 g/mol. The van der Waals surface area contributed by atoms with E-state index in [1.807, 2.05) is 19.2 Å². The van der Waals surface area contributed by atoms with Crippen LogP contribution in [0.5, 0.6) is 5.75 Å². The molecule has 0 amide bonds. The van der Waals surface area contributed by atoms with Crippen molar-refractivity contribution in [2.75, 3.05) is 40.3 Å². The Balaban J connectivity index is 1.74. The average Bonchev–Trinajstić information content (AvgIpc) is 2.62. The zero-order valence-corrected chi connectivity index (χ0v) is 14.6. The molecule has 0 radical (unpaired) electrons. The zero-order valence-electron chi connectivity index (χ0n) is 14.6. The molecular formula is C18H30N4O. The number of rotatable bonds is 6. The standard InChI is InChI=1S/C18H30N4O/c1-4-22-11-5-6-16(14-22)13-21-18(19-2)20-12-15-7-9-17(23-3)10-8-15/h7-10,16H,4-6,11-14H2,1-3H3,(H2,19,20,21). The number of nitrogens with one attached hydrogen (secondary N) is 2. The molecule has 1 aromatic rings. The van der Waals surface area contributed by atoms with Gasteiger partial charge in [0.05, 0.1) is 7.11 Å². The predicted molar refractivity (Wildman–Crippen MR) is 96.0 cm³/mol. The van der Waals surface area contributed by atoms with Crippen LogP contribution in [0.2, 0.25) is 0 Å². The van der Waals surface area contributed by atoms with Gasteiger partial charge in [-0.1, -0.05) is 19.1 Å². The van der Waals surface area contributed by atoms with Gasteiger partial charge in [0.1, 0.15) is 5.75 Å². The summed E-state index contributed by atoms with van der Waals surface area (Å²) in [5.74, 6) is 2.46. The van der Waals surface area contributed by atoms with E-state index >= 15 is 0 Å². The van der Waals surface area contributed by atoms with Crippen molar-refractivity contribution in [3.63, 3.8) is 0 Å². The van der Waals surface area contributed by atoms with Gasteiger partial charge in [0, 0.05) is 26.7 Å². The lowest BCUT2D eigenvalue weighted by Gasteiger charge is -2.32. The second-order valence-corrected chi connectivity index (χ2v) is 6.06. The number of ether oxygens (including phenoxy) is 1. The molecule has 1 atom stereocenters. The van der Waals surface area contributed by atoms with Crippen LogP contribution in [0.15, 0.2) is 29.3 Å². The Morgan fingerprint density at radius 3 is 2.74 bits per heavy atom. The molecule has 1 heterocycles. The first-order valence-corrected chi connectivity index (χ1v) is 8.55. The lowest BCUT2D eigenvalue weighted by atomic mass is 9.98. The van der Waals surface area contributed by atoms with Crippen LogP contribution in [0, 0.1) is 5.92 Å². The minimum atomic E-state index is 0.711. The molecule has 1 aliphatic heterocycles. The minimum Gasteiger partial charge on any atom is -0.497 e. The van der Waals surface area contributed by atoms with Gasteiger partial charge in [-0.05, 0) is 49.5 Å². The third-order valence-electron chi connectivity index (χ3n) is 4.45. The first kappa shape index (κ1) is 17.6. The van der Waals surface area contributed by atoms with E-state index in [-0.39, 0.29) is 0 Å². The average molecular weight is 318 g/mol. The topological polar surface area (TPSA) is 48.9 Å². The van der Waals surface area contributed by atoms with Crippen molar-refractivity contribution in [3.05, 3.63) is 29.8 Å². The summed E-state index contributed by atoms with van der Waals surface area (Å²) < 4.78 is 5.18. The largest absolute Gasteiger partial charge is 0.497 e. The normalized spacial score (nSPS) is 19.4. The van der Waals surface area contributed by atoms with Crippen molar-refractivity contribution in [1.82, 2.24) is 15.5 Å². The molecule has 1 aliphatic rings. The van der Waals surface area contributed by atoms with Gasteiger partial charge in [-0.15, -0.1) is 0 Å². The Hall–Kier alpha value is -1.75. The fraction of sp³-hybridized carbons (Fsp3) is 0.611. The Labute approximate surface area is 140 Å². The minimum absolute atomic E-state index is 0.711. The van der Waals surface area contributed by atoms with Gasteiger partial charge in [0.25, 0.3) is 0 Å². The molecule has 1 aromatic carbocycles. The first-order chi connectivity index (χ1) is 11.2. The molecule has 1 saturated heterocycles. The second kappa shape index (κ2) is 9.40. The van der Waals surface area contributed by atoms with E-state index in [9.17, 15) is 0 Å². The molecule has 2 N–H and O–H groups in total. The van der Waals surface area contributed by atoms with Crippen molar-refractivity contribution >= 4 is 5.96 Å². The van der Waals surface area contributed by atoms with Gasteiger partial charge < -0.3 is 20.3 Å². The molecule has 0 aromatic heterocycles. The summed E-state index contributed by atoms with van der Waals surface area (Å²) in [5.41, 5.74) is 1.21. The molecule has 1 fully saturated rings. The number of nitrogens with zero attached hydrogens (tertiary/aromatic N) is 2. The van der Waals surface area contributed by atoms with Crippen molar-refractivity contribution in [1.29, 1.82) is 0 Å². The molecule has 5 heteroatoms. The zero-order chi connectivity index (χ0) is 16.5. The maximum absolute atomic E-state index is 5.18. The molecule has 128 valence electrons. The predicted octanol–water partition coefficient (Wildman–Crippen LogP) is 2.09. The number of hydrogen-bond acceptors (Lipinski definition) is 3. The van der Waals surface area contributed by atoms with E-state index in [2.05, 4.69) is 39.6 Å². The van der Waals surface area contributed by atoms with E-state index in [4.69, 9.17) is 4.74 Å². The van der Waals surface area contributed by atoms with Crippen LogP contribution in [0.4, 0.5) is 0 Å². The quantitative estimate of drug-likeness (QED) is 0.623. The first-order valence-electron chi connectivity index (χ1n) is 8.55. The van der Waals surface area contributed by atoms with Gasteiger partial charge in [-0.25, -0.2) is 0 Å². The summed E-state index contributed by atoms with van der Waals surface area (Å²) in [6.45, 7) is 7.58. The lowest BCUT2D eigenvalue weighted by molar-refractivity contribution is 0.183. The van der Waals surface area contributed by atoms with Crippen LogP contribution in [-0.4, -0.2) is 51.2 Å². The van der Waals surface area contributed by atoms with Gasteiger partial charge in [-0.2, -0.15) is 0 Å². The summed E-state index contributed by atoms with van der Waals surface area (Å²) in [4.78, 5) is 6.85. The molecule has 0 aliphatic carbocycles. The van der Waals surface area contributed by atoms with E-state index < -0.39 is 0 Å². The third kappa shape index (κ3) is 5.75. The summed E-state index contributed by atoms with van der Waals surface area (Å²) in [7, 11) is 3.51. The highest BCUT2D eigenvalue weighted by Crippen LogP contribution is 2.15. The molecule has 23 heavy (non-hydrogen) atoms. The lowest BCUT2D eigenvalue weighted by Crippen LogP contribution is -2.44. The Kier molecular flexibility index (Phi) is 7.20.